The molecule has 1 aliphatic heterocycles. The highest BCUT2D eigenvalue weighted by Crippen LogP contribution is 2.23. The number of esters is 1. The van der Waals surface area contributed by atoms with Crippen molar-refractivity contribution in [3.8, 4) is 0 Å². The van der Waals surface area contributed by atoms with E-state index in [0.29, 0.717) is 19.5 Å². The number of carbonyl (C=O) groups excluding carboxylic acids is 3. The molecule has 0 unspecified atom stereocenters. The molecule has 3 amide bonds. The lowest BCUT2D eigenvalue weighted by Crippen LogP contribution is -2.51. The maximum Gasteiger partial charge on any atom is 0.323 e. The number of hydrogen-bond acceptors (Lipinski definition) is 5. The first-order valence-electron chi connectivity index (χ1n) is 8.51. The van der Waals surface area contributed by atoms with E-state index in [1.54, 1.807) is 4.90 Å². The molecule has 7 heteroatoms. The van der Waals surface area contributed by atoms with Gasteiger partial charge in [0.25, 0.3) is 0 Å². The first-order valence-corrected chi connectivity index (χ1v) is 8.51. The first kappa shape index (κ1) is 18.9. The Morgan fingerprint density at radius 2 is 1.96 bits per heavy atom. The van der Waals surface area contributed by atoms with Crippen LogP contribution in [0, 0.1) is 0 Å². The number of fused-ring (bicyclic) bond motifs is 1. The summed E-state index contributed by atoms with van der Waals surface area (Å²) in [7, 11) is 1.34. The maximum atomic E-state index is 12.2. The standard InChI is InChI=1S/C18H25N3O4/c1-3-4-9-19-18(24)20-16(22)12-21-11-14-8-6-5-7-13(14)10-15(21)17(23)25-2/h5-8,15H,3-4,9-12H2,1-2H3,(H2,19,20,22,24)/t15-/m1/s1. The Kier molecular flexibility index (Phi) is 6.94. The Hall–Kier alpha value is -2.41. The van der Waals surface area contributed by atoms with Gasteiger partial charge in [0.1, 0.15) is 6.04 Å². The fourth-order valence-electron chi connectivity index (χ4n) is 2.89. The molecule has 1 heterocycles. The Bertz CT molecular complexity index is 633. The van der Waals surface area contributed by atoms with Gasteiger partial charge in [-0.1, -0.05) is 37.6 Å². The van der Waals surface area contributed by atoms with Gasteiger partial charge in [-0.15, -0.1) is 0 Å². The minimum atomic E-state index is -0.534. The van der Waals surface area contributed by atoms with Crippen LogP contribution in [0.5, 0.6) is 0 Å². The van der Waals surface area contributed by atoms with Gasteiger partial charge in [0.05, 0.1) is 13.7 Å². The van der Waals surface area contributed by atoms with E-state index in [0.717, 1.165) is 24.0 Å². The average Bonchev–Trinajstić information content (AvgIpc) is 2.60. The summed E-state index contributed by atoms with van der Waals surface area (Å²) < 4.78 is 4.87. The molecule has 1 aromatic carbocycles. The van der Waals surface area contributed by atoms with Gasteiger partial charge in [0.2, 0.25) is 5.91 Å². The second-order valence-electron chi connectivity index (χ2n) is 6.07. The number of nitrogens with zero attached hydrogens (tertiary/aromatic N) is 1. The molecule has 0 bridgehead atoms. The zero-order valence-electron chi connectivity index (χ0n) is 14.7. The van der Waals surface area contributed by atoms with Crippen molar-refractivity contribution in [2.45, 2.75) is 38.8 Å². The highest BCUT2D eigenvalue weighted by molar-refractivity contribution is 5.95. The Morgan fingerprint density at radius 1 is 1.24 bits per heavy atom. The molecule has 1 aliphatic rings. The van der Waals surface area contributed by atoms with Gasteiger partial charge in [0.15, 0.2) is 0 Å². The molecule has 136 valence electrons. The van der Waals surface area contributed by atoms with Crippen LogP contribution in [0.25, 0.3) is 0 Å². The van der Waals surface area contributed by atoms with Crippen molar-refractivity contribution in [1.82, 2.24) is 15.5 Å². The number of urea groups is 1. The molecular formula is C18H25N3O4. The van der Waals surface area contributed by atoms with Crippen molar-refractivity contribution in [2.75, 3.05) is 20.2 Å². The van der Waals surface area contributed by atoms with E-state index in [9.17, 15) is 14.4 Å². The molecule has 0 radical (unpaired) electrons. The van der Waals surface area contributed by atoms with E-state index < -0.39 is 18.0 Å². The molecule has 0 fully saturated rings. The fraction of sp³-hybridized carbons (Fsp3) is 0.500. The largest absolute Gasteiger partial charge is 0.468 e. The predicted octanol–water partition coefficient (Wildman–Crippen LogP) is 1.21. The smallest absolute Gasteiger partial charge is 0.323 e. The Balaban J connectivity index is 1.99. The van der Waals surface area contributed by atoms with Gasteiger partial charge in [-0.2, -0.15) is 0 Å². The third kappa shape index (κ3) is 5.29. The van der Waals surface area contributed by atoms with Gasteiger partial charge in [-0.05, 0) is 24.0 Å². The number of unbranched alkanes of at least 4 members (excludes halogenated alkanes) is 1. The minimum Gasteiger partial charge on any atom is -0.468 e. The molecule has 7 nitrogen and oxygen atoms in total. The van der Waals surface area contributed by atoms with Crippen molar-refractivity contribution in [3.05, 3.63) is 35.4 Å². The summed E-state index contributed by atoms with van der Waals surface area (Å²) in [5.41, 5.74) is 2.15. The fourth-order valence-corrected chi connectivity index (χ4v) is 2.89. The summed E-state index contributed by atoms with van der Waals surface area (Å²) in [6.07, 6.45) is 2.30. The van der Waals surface area contributed by atoms with Crippen LogP contribution in [0.15, 0.2) is 24.3 Å². The molecular weight excluding hydrogens is 322 g/mol. The van der Waals surface area contributed by atoms with E-state index in [4.69, 9.17) is 4.74 Å². The summed E-state index contributed by atoms with van der Waals surface area (Å²) >= 11 is 0. The summed E-state index contributed by atoms with van der Waals surface area (Å²) in [5, 5.41) is 4.94. The van der Waals surface area contributed by atoms with Crippen LogP contribution < -0.4 is 10.6 Å². The second kappa shape index (κ2) is 9.17. The highest BCUT2D eigenvalue weighted by atomic mass is 16.5. The third-order valence-electron chi connectivity index (χ3n) is 4.23. The summed E-state index contributed by atoms with van der Waals surface area (Å²) in [5.74, 6) is -0.822. The van der Waals surface area contributed by atoms with Crippen LogP contribution in [-0.4, -0.2) is 49.0 Å². The maximum absolute atomic E-state index is 12.2. The molecule has 1 atom stereocenters. The van der Waals surface area contributed by atoms with Crippen molar-refractivity contribution in [1.29, 1.82) is 0 Å². The number of imide groups is 1. The lowest BCUT2D eigenvalue weighted by molar-refractivity contribution is -0.148. The SMILES string of the molecule is CCCCNC(=O)NC(=O)CN1Cc2ccccc2C[C@@H]1C(=O)OC. The highest BCUT2D eigenvalue weighted by Gasteiger charge is 2.33. The molecule has 2 N–H and O–H groups in total. The Labute approximate surface area is 147 Å². The van der Waals surface area contributed by atoms with Gasteiger partial charge >= 0.3 is 12.0 Å². The first-order chi connectivity index (χ1) is 12.0. The van der Waals surface area contributed by atoms with E-state index in [-0.39, 0.29) is 12.5 Å². The summed E-state index contributed by atoms with van der Waals surface area (Å²) in [6, 6.07) is 6.77. The van der Waals surface area contributed by atoms with Crippen molar-refractivity contribution in [2.24, 2.45) is 0 Å². The Morgan fingerprint density at radius 3 is 2.64 bits per heavy atom. The number of nitrogens with one attached hydrogen (secondary N) is 2. The van der Waals surface area contributed by atoms with Gasteiger partial charge in [-0.25, -0.2) is 4.79 Å². The van der Waals surface area contributed by atoms with Gasteiger partial charge < -0.3 is 10.1 Å². The molecule has 1 aromatic rings. The topological polar surface area (TPSA) is 87.7 Å². The predicted molar refractivity (Wildman–Crippen MR) is 92.8 cm³/mol. The van der Waals surface area contributed by atoms with Crippen LogP contribution in [0.3, 0.4) is 0 Å². The molecule has 0 spiro atoms. The van der Waals surface area contributed by atoms with Crippen LogP contribution in [0.4, 0.5) is 4.79 Å². The monoisotopic (exact) mass is 347 g/mol. The van der Waals surface area contributed by atoms with Crippen LogP contribution in [0.1, 0.15) is 30.9 Å². The average molecular weight is 347 g/mol. The number of rotatable bonds is 6. The second-order valence-corrected chi connectivity index (χ2v) is 6.07. The number of ether oxygens (including phenoxy) is 1. The lowest BCUT2D eigenvalue weighted by Gasteiger charge is -2.34. The third-order valence-corrected chi connectivity index (χ3v) is 4.23. The number of amides is 3. The molecule has 0 saturated heterocycles. The van der Waals surface area contributed by atoms with Crippen LogP contribution >= 0.6 is 0 Å². The molecule has 0 saturated carbocycles. The molecule has 0 aliphatic carbocycles. The lowest BCUT2D eigenvalue weighted by atomic mass is 9.94. The number of hydrogen-bond donors (Lipinski definition) is 2. The summed E-state index contributed by atoms with van der Waals surface area (Å²) in [6.45, 7) is 2.96. The number of carbonyl (C=O) groups is 3. The minimum absolute atomic E-state index is 0.0463. The van der Waals surface area contributed by atoms with Crippen molar-refractivity contribution >= 4 is 17.9 Å². The van der Waals surface area contributed by atoms with Crippen LogP contribution in [-0.2, 0) is 27.3 Å². The zero-order chi connectivity index (χ0) is 18.2. The van der Waals surface area contributed by atoms with Crippen molar-refractivity contribution < 1.29 is 19.1 Å². The number of benzene rings is 1. The van der Waals surface area contributed by atoms with E-state index in [1.165, 1.54) is 7.11 Å². The van der Waals surface area contributed by atoms with E-state index in [2.05, 4.69) is 10.6 Å². The van der Waals surface area contributed by atoms with Gasteiger partial charge in [-0.3, -0.25) is 19.8 Å². The normalized spacial score (nSPS) is 16.6. The van der Waals surface area contributed by atoms with Gasteiger partial charge in [0, 0.05) is 13.1 Å². The number of methoxy groups -OCH3 is 1. The summed E-state index contributed by atoms with van der Waals surface area (Å²) in [4.78, 5) is 37.7. The molecule has 25 heavy (non-hydrogen) atoms. The quantitative estimate of drug-likeness (QED) is 0.597. The van der Waals surface area contributed by atoms with E-state index >= 15 is 0 Å². The van der Waals surface area contributed by atoms with E-state index in [1.807, 2.05) is 31.2 Å². The zero-order valence-corrected chi connectivity index (χ0v) is 14.7. The van der Waals surface area contributed by atoms with Crippen molar-refractivity contribution in [3.63, 3.8) is 0 Å². The molecule has 2 rings (SSSR count). The molecule has 0 aromatic heterocycles. The van der Waals surface area contributed by atoms with Crippen LogP contribution in [0.2, 0.25) is 0 Å².